The van der Waals surface area contributed by atoms with Crippen molar-refractivity contribution < 1.29 is 17.9 Å². The molecule has 1 amide bonds. The van der Waals surface area contributed by atoms with E-state index in [2.05, 4.69) is 5.32 Å². The molecular formula is C14H21NO4S. The number of ether oxygens (including phenoxy) is 1. The number of hydrogen-bond donors (Lipinski definition) is 1. The number of hydrogen-bond acceptors (Lipinski definition) is 4. The van der Waals surface area contributed by atoms with Crippen LogP contribution in [-0.4, -0.2) is 32.7 Å². The number of sulfone groups is 1. The molecule has 1 aromatic rings. The molecule has 5 nitrogen and oxygen atoms in total. The number of nitrogens with one attached hydrogen (secondary N) is 1. The van der Waals surface area contributed by atoms with Gasteiger partial charge in [-0.1, -0.05) is 6.92 Å². The first-order valence-electron chi connectivity index (χ1n) is 6.38. The van der Waals surface area contributed by atoms with E-state index in [1.165, 1.54) is 24.3 Å². The van der Waals surface area contributed by atoms with E-state index in [4.69, 9.17) is 4.74 Å². The van der Waals surface area contributed by atoms with E-state index >= 15 is 0 Å². The van der Waals surface area contributed by atoms with Gasteiger partial charge in [0.25, 0.3) is 5.91 Å². The van der Waals surface area contributed by atoms with Crippen molar-refractivity contribution in [3.05, 3.63) is 24.3 Å². The first-order chi connectivity index (χ1) is 9.14. The molecule has 0 fully saturated rings. The third-order valence-electron chi connectivity index (χ3n) is 2.98. The number of carbonyl (C=O) groups excluding carboxylic acids is 1. The number of benzene rings is 1. The fraction of sp³-hybridized carbons (Fsp3) is 0.500. The van der Waals surface area contributed by atoms with Crippen molar-refractivity contribution in [3.8, 4) is 5.75 Å². The van der Waals surface area contributed by atoms with Gasteiger partial charge in [-0.3, -0.25) is 4.79 Å². The zero-order valence-electron chi connectivity index (χ0n) is 12.3. The van der Waals surface area contributed by atoms with Crippen LogP contribution in [0.3, 0.4) is 0 Å². The zero-order valence-corrected chi connectivity index (χ0v) is 13.1. The maximum absolute atomic E-state index is 11.7. The predicted octanol–water partition coefficient (Wildman–Crippen LogP) is 1.77. The summed E-state index contributed by atoms with van der Waals surface area (Å²) < 4.78 is 27.9. The summed E-state index contributed by atoms with van der Waals surface area (Å²) in [4.78, 5) is 11.9. The van der Waals surface area contributed by atoms with Gasteiger partial charge in [0.1, 0.15) is 5.75 Å². The van der Waals surface area contributed by atoms with E-state index in [1.807, 2.05) is 20.8 Å². The van der Waals surface area contributed by atoms with E-state index in [-0.39, 0.29) is 22.9 Å². The van der Waals surface area contributed by atoms with Crippen molar-refractivity contribution in [1.82, 2.24) is 5.32 Å². The normalized spacial score (nSPS) is 12.0. The van der Waals surface area contributed by atoms with Crippen LogP contribution in [0.1, 0.15) is 27.2 Å². The SMILES string of the molecule is CCC(C)(C)NC(=O)COc1ccc(S(C)(=O)=O)cc1. The minimum Gasteiger partial charge on any atom is -0.484 e. The van der Waals surface area contributed by atoms with Crippen LogP contribution in [0.15, 0.2) is 29.2 Å². The first-order valence-corrected chi connectivity index (χ1v) is 8.27. The number of rotatable bonds is 6. The number of amides is 1. The molecule has 0 aliphatic heterocycles. The molecular weight excluding hydrogens is 278 g/mol. The lowest BCUT2D eigenvalue weighted by Gasteiger charge is -2.24. The standard InChI is InChI=1S/C14H21NO4S/c1-5-14(2,3)15-13(16)10-19-11-6-8-12(9-7-11)20(4,17)18/h6-9H,5,10H2,1-4H3,(H,15,16). The van der Waals surface area contributed by atoms with Gasteiger partial charge in [0.05, 0.1) is 4.90 Å². The Bertz CT molecular complexity index is 561. The monoisotopic (exact) mass is 299 g/mol. The van der Waals surface area contributed by atoms with Gasteiger partial charge >= 0.3 is 0 Å². The van der Waals surface area contributed by atoms with Gasteiger partial charge in [0.15, 0.2) is 16.4 Å². The molecule has 0 aliphatic rings. The molecule has 0 saturated heterocycles. The topological polar surface area (TPSA) is 72.5 Å². The van der Waals surface area contributed by atoms with Crippen LogP contribution in [0.25, 0.3) is 0 Å². The highest BCUT2D eigenvalue weighted by molar-refractivity contribution is 7.90. The van der Waals surface area contributed by atoms with Crippen LogP contribution in [0.2, 0.25) is 0 Å². The highest BCUT2D eigenvalue weighted by atomic mass is 32.2. The third kappa shape index (κ3) is 5.21. The van der Waals surface area contributed by atoms with Gasteiger partial charge in [0, 0.05) is 11.8 Å². The Balaban J connectivity index is 2.57. The fourth-order valence-electron chi connectivity index (χ4n) is 1.43. The molecule has 112 valence electrons. The maximum Gasteiger partial charge on any atom is 0.258 e. The molecule has 0 aromatic heterocycles. The Morgan fingerprint density at radius 1 is 1.25 bits per heavy atom. The van der Waals surface area contributed by atoms with Gasteiger partial charge in [0.2, 0.25) is 0 Å². The molecule has 1 aromatic carbocycles. The second-order valence-electron chi connectivity index (χ2n) is 5.32. The first kappa shape index (κ1) is 16.5. The quantitative estimate of drug-likeness (QED) is 0.869. The van der Waals surface area contributed by atoms with Crippen LogP contribution in [0.5, 0.6) is 5.75 Å². The average Bonchev–Trinajstić information content (AvgIpc) is 2.35. The summed E-state index contributed by atoms with van der Waals surface area (Å²) in [6.45, 7) is 5.77. The highest BCUT2D eigenvalue weighted by Gasteiger charge is 2.17. The van der Waals surface area contributed by atoms with E-state index in [1.54, 1.807) is 0 Å². The summed E-state index contributed by atoms with van der Waals surface area (Å²) in [6, 6.07) is 5.99. The van der Waals surface area contributed by atoms with Crippen molar-refractivity contribution in [2.45, 2.75) is 37.6 Å². The van der Waals surface area contributed by atoms with Crippen LogP contribution in [-0.2, 0) is 14.6 Å². The maximum atomic E-state index is 11.7. The average molecular weight is 299 g/mol. The van der Waals surface area contributed by atoms with Crippen molar-refractivity contribution in [2.24, 2.45) is 0 Å². The molecule has 0 aliphatic carbocycles. The van der Waals surface area contributed by atoms with Crippen molar-refractivity contribution >= 4 is 15.7 Å². The number of carbonyl (C=O) groups is 1. The summed E-state index contributed by atoms with van der Waals surface area (Å²) in [5, 5.41) is 2.85. The lowest BCUT2D eigenvalue weighted by Crippen LogP contribution is -2.44. The summed E-state index contributed by atoms with van der Waals surface area (Å²) in [5.41, 5.74) is -0.263. The zero-order chi connectivity index (χ0) is 15.4. The lowest BCUT2D eigenvalue weighted by molar-refractivity contribution is -0.124. The minimum atomic E-state index is -3.21. The third-order valence-corrected chi connectivity index (χ3v) is 4.11. The van der Waals surface area contributed by atoms with Gasteiger partial charge in [-0.15, -0.1) is 0 Å². The molecule has 0 bridgehead atoms. The molecule has 0 spiro atoms. The van der Waals surface area contributed by atoms with Crippen molar-refractivity contribution in [2.75, 3.05) is 12.9 Å². The largest absolute Gasteiger partial charge is 0.484 e. The van der Waals surface area contributed by atoms with E-state index in [0.717, 1.165) is 12.7 Å². The second kappa shape index (κ2) is 6.26. The van der Waals surface area contributed by atoms with Gasteiger partial charge in [-0.25, -0.2) is 8.42 Å². The highest BCUT2D eigenvalue weighted by Crippen LogP contribution is 2.15. The Morgan fingerprint density at radius 3 is 2.25 bits per heavy atom. The van der Waals surface area contributed by atoms with Crippen LogP contribution >= 0.6 is 0 Å². The summed E-state index contributed by atoms with van der Waals surface area (Å²) in [6.07, 6.45) is 1.96. The van der Waals surface area contributed by atoms with E-state index in [0.29, 0.717) is 5.75 Å². The van der Waals surface area contributed by atoms with Crippen LogP contribution in [0, 0.1) is 0 Å². The minimum absolute atomic E-state index is 0.0956. The van der Waals surface area contributed by atoms with Crippen LogP contribution in [0.4, 0.5) is 0 Å². The molecule has 1 rings (SSSR count). The lowest BCUT2D eigenvalue weighted by atomic mass is 10.0. The van der Waals surface area contributed by atoms with E-state index < -0.39 is 9.84 Å². The second-order valence-corrected chi connectivity index (χ2v) is 7.33. The molecule has 0 unspecified atom stereocenters. The summed E-state index contributed by atoms with van der Waals surface area (Å²) in [5.74, 6) is 0.255. The van der Waals surface area contributed by atoms with Gasteiger partial charge < -0.3 is 10.1 Å². The molecule has 6 heteroatoms. The molecule has 1 N–H and O–H groups in total. The molecule has 20 heavy (non-hydrogen) atoms. The Morgan fingerprint density at radius 2 is 1.80 bits per heavy atom. The Hall–Kier alpha value is -1.56. The van der Waals surface area contributed by atoms with Crippen molar-refractivity contribution in [3.63, 3.8) is 0 Å². The Labute approximate surface area is 120 Å². The smallest absolute Gasteiger partial charge is 0.258 e. The van der Waals surface area contributed by atoms with Gasteiger partial charge in [-0.2, -0.15) is 0 Å². The summed E-state index contributed by atoms with van der Waals surface area (Å²) in [7, 11) is -3.21. The van der Waals surface area contributed by atoms with Crippen LogP contribution < -0.4 is 10.1 Å². The molecule has 0 radical (unpaired) electrons. The molecule has 0 atom stereocenters. The molecule has 0 saturated carbocycles. The van der Waals surface area contributed by atoms with Gasteiger partial charge in [-0.05, 0) is 44.5 Å². The fourth-order valence-corrected chi connectivity index (χ4v) is 2.06. The predicted molar refractivity (Wildman–Crippen MR) is 77.6 cm³/mol. The van der Waals surface area contributed by atoms with Crippen molar-refractivity contribution in [1.29, 1.82) is 0 Å². The molecule has 0 heterocycles. The summed E-state index contributed by atoms with van der Waals surface area (Å²) >= 11 is 0. The van der Waals surface area contributed by atoms with E-state index in [9.17, 15) is 13.2 Å². The Kier molecular flexibility index (Phi) is 5.16.